The van der Waals surface area contributed by atoms with Gasteiger partial charge in [-0.3, -0.25) is 20.2 Å². The standard InChI is InChI=1S/C16H22N4O6/c1-9(2)17-16(23)18-14(21)10(3)26-15(22)12-8-11(20(24)25)6-7-13(12)19(4)5/h6-10H,1-5H3,(H2,17,18,21,23)/t10-/m1/s1. The van der Waals surface area contributed by atoms with Crippen molar-refractivity contribution >= 4 is 29.3 Å². The number of urea groups is 1. The number of non-ortho nitro benzene ring substituents is 1. The third kappa shape index (κ3) is 5.72. The highest BCUT2D eigenvalue weighted by molar-refractivity contribution is 6.00. The van der Waals surface area contributed by atoms with Gasteiger partial charge in [0.1, 0.15) is 0 Å². The Balaban J connectivity index is 2.92. The number of nitrogens with zero attached hydrogens (tertiary/aromatic N) is 2. The second-order valence-corrected chi connectivity index (χ2v) is 6.02. The molecule has 142 valence electrons. The van der Waals surface area contributed by atoms with Crippen LogP contribution in [-0.2, 0) is 9.53 Å². The number of hydrogen-bond donors (Lipinski definition) is 2. The molecule has 1 aromatic carbocycles. The minimum atomic E-state index is -1.27. The van der Waals surface area contributed by atoms with Gasteiger partial charge in [0.2, 0.25) is 0 Å². The number of esters is 1. The van der Waals surface area contributed by atoms with Gasteiger partial charge in [-0.25, -0.2) is 9.59 Å². The molecule has 10 nitrogen and oxygen atoms in total. The predicted molar refractivity (Wildman–Crippen MR) is 94.1 cm³/mol. The van der Waals surface area contributed by atoms with Crippen LogP contribution in [0.25, 0.3) is 0 Å². The van der Waals surface area contributed by atoms with Gasteiger partial charge in [-0.1, -0.05) is 0 Å². The van der Waals surface area contributed by atoms with Crippen molar-refractivity contribution in [2.24, 2.45) is 0 Å². The van der Waals surface area contributed by atoms with Crippen LogP contribution >= 0.6 is 0 Å². The Morgan fingerprint density at radius 2 is 1.81 bits per heavy atom. The number of amides is 3. The van der Waals surface area contributed by atoms with E-state index in [9.17, 15) is 24.5 Å². The predicted octanol–water partition coefficient (Wildman–Crippen LogP) is 1.44. The van der Waals surface area contributed by atoms with E-state index in [0.717, 1.165) is 6.07 Å². The fourth-order valence-electron chi connectivity index (χ4n) is 1.98. The summed E-state index contributed by atoms with van der Waals surface area (Å²) in [7, 11) is 3.31. The van der Waals surface area contributed by atoms with Crippen LogP contribution in [0.3, 0.4) is 0 Å². The second-order valence-electron chi connectivity index (χ2n) is 6.02. The summed E-state index contributed by atoms with van der Waals surface area (Å²) in [5.74, 6) is -1.72. The summed E-state index contributed by atoms with van der Waals surface area (Å²) in [6.45, 7) is 4.74. The van der Waals surface area contributed by atoms with E-state index in [1.807, 2.05) is 5.32 Å². The molecular formula is C16H22N4O6. The monoisotopic (exact) mass is 366 g/mol. The fourth-order valence-corrected chi connectivity index (χ4v) is 1.98. The Morgan fingerprint density at radius 1 is 1.19 bits per heavy atom. The molecule has 2 N–H and O–H groups in total. The van der Waals surface area contributed by atoms with Gasteiger partial charge in [-0.2, -0.15) is 0 Å². The number of hydrogen-bond acceptors (Lipinski definition) is 7. The van der Waals surface area contributed by atoms with E-state index in [0.29, 0.717) is 5.69 Å². The van der Waals surface area contributed by atoms with Crippen LogP contribution in [0.5, 0.6) is 0 Å². The van der Waals surface area contributed by atoms with Crippen LogP contribution < -0.4 is 15.5 Å². The smallest absolute Gasteiger partial charge is 0.341 e. The van der Waals surface area contributed by atoms with Gasteiger partial charge in [-0.15, -0.1) is 0 Å². The molecule has 26 heavy (non-hydrogen) atoms. The molecule has 0 heterocycles. The lowest BCUT2D eigenvalue weighted by atomic mass is 10.1. The third-order valence-corrected chi connectivity index (χ3v) is 3.20. The Morgan fingerprint density at radius 3 is 2.31 bits per heavy atom. The zero-order chi connectivity index (χ0) is 20.0. The summed E-state index contributed by atoms with van der Waals surface area (Å²) in [6.07, 6.45) is -1.27. The molecule has 0 bridgehead atoms. The van der Waals surface area contributed by atoms with Gasteiger partial charge in [0.05, 0.1) is 16.2 Å². The van der Waals surface area contributed by atoms with E-state index in [-0.39, 0.29) is 17.3 Å². The first kappa shape index (κ1) is 20.9. The number of carbonyl (C=O) groups is 3. The number of rotatable bonds is 6. The summed E-state index contributed by atoms with van der Waals surface area (Å²) >= 11 is 0. The highest BCUT2D eigenvalue weighted by Gasteiger charge is 2.24. The maximum absolute atomic E-state index is 12.4. The number of benzene rings is 1. The first-order valence-electron chi connectivity index (χ1n) is 7.81. The molecule has 0 fully saturated rings. The number of imide groups is 1. The SMILES string of the molecule is CC(C)NC(=O)NC(=O)[C@@H](C)OC(=O)c1cc([N+](=O)[O-])ccc1N(C)C. The first-order chi connectivity index (χ1) is 12.0. The van der Waals surface area contributed by atoms with Crippen LogP contribution in [0.4, 0.5) is 16.2 Å². The van der Waals surface area contributed by atoms with Crippen LogP contribution in [-0.4, -0.2) is 49.1 Å². The summed E-state index contributed by atoms with van der Waals surface area (Å²) in [5, 5.41) is 15.4. The average molecular weight is 366 g/mol. The van der Waals surface area contributed by atoms with Crippen LogP contribution in [0.15, 0.2) is 18.2 Å². The van der Waals surface area contributed by atoms with Crippen molar-refractivity contribution in [1.29, 1.82) is 0 Å². The van der Waals surface area contributed by atoms with Crippen molar-refractivity contribution in [1.82, 2.24) is 10.6 Å². The maximum atomic E-state index is 12.4. The molecule has 0 aliphatic carbocycles. The van der Waals surface area contributed by atoms with Crippen LogP contribution in [0, 0.1) is 10.1 Å². The van der Waals surface area contributed by atoms with Crippen molar-refractivity contribution in [2.45, 2.75) is 32.9 Å². The van der Waals surface area contributed by atoms with Crippen molar-refractivity contribution in [3.05, 3.63) is 33.9 Å². The van der Waals surface area contributed by atoms with Gasteiger partial charge in [0, 0.05) is 32.3 Å². The van der Waals surface area contributed by atoms with Crippen LogP contribution in [0.2, 0.25) is 0 Å². The molecule has 0 spiro atoms. The van der Waals surface area contributed by atoms with E-state index in [4.69, 9.17) is 4.74 Å². The van der Waals surface area contributed by atoms with Crippen molar-refractivity contribution in [3.63, 3.8) is 0 Å². The normalized spacial score (nSPS) is 11.5. The lowest BCUT2D eigenvalue weighted by molar-refractivity contribution is -0.384. The van der Waals surface area contributed by atoms with Gasteiger partial charge in [-0.05, 0) is 26.8 Å². The molecular weight excluding hydrogens is 344 g/mol. The molecule has 0 aliphatic rings. The Bertz CT molecular complexity index is 717. The number of ether oxygens (including phenoxy) is 1. The molecule has 0 aliphatic heterocycles. The molecule has 0 radical (unpaired) electrons. The zero-order valence-corrected chi connectivity index (χ0v) is 15.2. The highest BCUT2D eigenvalue weighted by Crippen LogP contribution is 2.25. The number of nitrogens with one attached hydrogen (secondary N) is 2. The van der Waals surface area contributed by atoms with E-state index in [2.05, 4.69) is 5.32 Å². The minimum absolute atomic E-state index is 0.0597. The molecule has 10 heteroatoms. The maximum Gasteiger partial charge on any atom is 0.341 e. The average Bonchev–Trinajstić information content (AvgIpc) is 2.52. The van der Waals surface area contributed by atoms with Crippen LogP contribution in [0.1, 0.15) is 31.1 Å². The first-order valence-corrected chi connectivity index (χ1v) is 7.81. The fraction of sp³-hybridized carbons (Fsp3) is 0.438. The molecule has 1 rings (SSSR count). The third-order valence-electron chi connectivity index (χ3n) is 3.20. The van der Waals surface area contributed by atoms with Gasteiger partial charge in [0.15, 0.2) is 6.10 Å². The molecule has 0 saturated heterocycles. The zero-order valence-electron chi connectivity index (χ0n) is 15.2. The largest absolute Gasteiger partial charge is 0.449 e. The molecule has 0 saturated carbocycles. The van der Waals surface area contributed by atoms with E-state index >= 15 is 0 Å². The molecule has 0 aromatic heterocycles. The van der Waals surface area contributed by atoms with E-state index in [1.165, 1.54) is 19.1 Å². The Labute approximate surface area is 150 Å². The number of nitro benzene ring substituents is 1. The summed E-state index contributed by atoms with van der Waals surface area (Å²) < 4.78 is 5.05. The van der Waals surface area contributed by atoms with E-state index < -0.39 is 28.9 Å². The van der Waals surface area contributed by atoms with Crippen molar-refractivity contribution in [3.8, 4) is 0 Å². The Kier molecular flexibility index (Phi) is 7.06. The summed E-state index contributed by atoms with van der Waals surface area (Å²) in [5.41, 5.74) is 0.0530. The topological polar surface area (TPSA) is 131 Å². The van der Waals surface area contributed by atoms with Crippen molar-refractivity contribution < 1.29 is 24.0 Å². The highest BCUT2D eigenvalue weighted by atomic mass is 16.6. The molecule has 3 amide bonds. The second kappa shape index (κ2) is 8.79. The van der Waals surface area contributed by atoms with Gasteiger partial charge < -0.3 is 15.0 Å². The van der Waals surface area contributed by atoms with Crippen molar-refractivity contribution in [2.75, 3.05) is 19.0 Å². The van der Waals surface area contributed by atoms with E-state index in [1.54, 1.807) is 32.8 Å². The number of nitro groups is 1. The van der Waals surface area contributed by atoms with Gasteiger partial charge in [0.25, 0.3) is 11.6 Å². The minimum Gasteiger partial charge on any atom is -0.449 e. The summed E-state index contributed by atoms with van der Waals surface area (Å²) in [4.78, 5) is 47.7. The van der Waals surface area contributed by atoms with Gasteiger partial charge >= 0.3 is 12.0 Å². The lowest BCUT2D eigenvalue weighted by Crippen LogP contribution is -2.46. The summed E-state index contributed by atoms with van der Waals surface area (Å²) in [6, 6.07) is 2.87. The Hall–Kier alpha value is -3.17. The molecule has 1 aromatic rings. The number of anilines is 1. The molecule has 0 unspecified atom stereocenters. The quantitative estimate of drug-likeness (QED) is 0.442. The lowest BCUT2D eigenvalue weighted by Gasteiger charge is -2.18. The number of carbonyl (C=O) groups excluding carboxylic acids is 3. The molecule has 1 atom stereocenters.